The highest BCUT2D eigenvalue weighted by atomic mass is 16.6. The SMILES string of the molecule is C=CC(=O)OCC(O)OCC1(CC)COC1. The third-order valence-corrected chi connectivity index (χ3v) is 2.68. The number of hydrogen-bond acceptors (Lipinski definition) is 5. The molecule has 5 nitrogen and oxygen atoms in total. The Bertz CT molecular complexity index is 241. The quantitative estimate of drug-likeness (QED) is 0.391. The molecule has 1 N–H and O–H groups in total. The van der Waals surface area contributed by atoms with Crippen molar-refractivity contribution < 1.29 is 24.1 Å². The normalized spacial score (nSPS) is 19.6. The van der Waals surface area contributed by atoms with E-state index in [1.165, 1.54) is 0 Å². The predicted octanol–water partition coefficient (Wildman–Crippen LogP) is 0.477. The monoisotopic (exact) mass is 230 g/mol. The maximum atomic E-state index is 10.7. The maximum Gasteiger partial charge on any atom is 0.330 e. The van der Waals surface area contributed by atoms with E-state index in [-0.39, 0.29) is 12.0 Å². The van der Waals surface area contributed by atoms with Crippen molar-refractivity contribution in [2.24, 2.45) is 5.41 Å². The average molecular weight is 230 g/mol. The van der Waals surface area contributed by atoms with Crippen molar-refractivity contribution in [3.63, 3.8) is 0 Å². The lowest BCUT2D eigenvalue weighted by molar-refractivity contribution is -0.205. The molecule has 1 heterocycles. The summed E-state index contributed by atoms with van der Waals surface area (Å²) in [5.74, 6) is -0.570. The Morgan fingerprint density at radius 1 is 1.69 bits per heavy atom. The topological polar surface area (TPSA) is 65.0 Å². The predicted molar refractivity (Wildman–Crippen MR) is 56.7 cm³/mol. The van der Waals surface area contributed by atoms with E-state index < -0.39 is 12.3 Å². The van der Waals surface area contributed by atoms with Crippen molar-refractivity contribution >= 4 is 5.97 Å². The summed E-state index contributed by atoms with van der Waals surface area (Å²) in [5, 5.41) is 9.40. The Morgan fingerprint density at radius 3 is 2.81 bits per heavy atom. The first kappa shape index (κ1) is 13.2. The van der Waals surface area contributed by atoms with Crippen molar-refractivity contribution in [2.75, 3.05) is 26.4 Å². The van der Waals surface area contributed by atoms with Crippen LogP contribution in [0.15, 0.2) is 12.7 Å². The number of hydrogen-bond donors (Lipinski definition) is 1. The van der Waals surface area contributed by atoms with Crippen LogP contribution in [0.3, 0.4) is 0 Å². The molecule has 1 unspecified atom stereocenters. The molecule has 5 heteroatoms. The summed E-state index contributed by atoms with van der Waals surface area (Å²) < 4.78 is 15.0. The molecule has 0 spiro atoms. The van der Waals surface area contributed by atoms with Gasteiger partial charge in [-0.25, -0.2) is 4.79 Å². The van der Waals surface area contributed by atoms with E-state index in [4.69, 9.17) is 9.47 Å². The van der Waals surface area contributed by atoms with Gasteiger partial charge in [0.05, 0.1) is 19.8 Å². The van der Waals surface area contributed by atoms with Gasteiger partial charge >= 0.3 is 5.97 Å². The molecule has 0 saturated carbocycles. The molecule has 1 atom stereocenters. The lowest BCUT2D eigenvalue weighted by atomic mass is 9.84. The van der Waals surface area contributed by atoms with Gasteiger partial charge in [0.15, 0.2) is 6.29 Å². The summed E-state index contributed by atoms with van der Waals surface area (Å²) in [6, 6.07) is 0. The van der Waals surface area contributed by atoms with E-state index in [1.54, 1.807) is 0 Å². The minimum atomic E-state index is -1.09. The van der Waals surface area contributed by atoms with Crippen LogP contribution in [0.5, 0.6) is 0 Å². The highest BCUT2D eigenvalue weighted by molar-refractivity contribution is 5.81. The molecule has 0 aromatic rings. The van der Waals surface area contributed by atoms with E-state index >= 15 is 0 Å². The summed E-state index contributed by atoms with van der Waals surface area (Å²) in [4.78, 5) is 10.7. The summed E-state index contributed by atoms with van der Waals surface area (Å²) in [6.07, 6.45) is 0.888. The van der Waals surface area contributed by atoms with Gasteiger partial charge in [-0.05, 0) is 6.42 Å². The van der Waals surface area contributed by atoms with Crippen LogP contribution in [-0.4, -0.2) is 43.8 Å². The molecule has 1 saturated heterocycles. The third kappa shape index (κ3) is 3.59. The number of carbonyl (C=O) groups is 1. The van der Waals surface area contributed by atoms with Gasteiger partial charge in [-0.1, -0.05) is 13.5 Å². The van der Waals surface area contributed by atoms with E-state index in [2.05, 4.69) is 18.2 Å². The van der Waals surface area contributed by atoms with Crippen LogP contribution in [0.25, 0.3) is 0 Å². The lowest BCUT2D eigenvalue weighted by Crippen LogP contribution is -2.46. The van der Waals surface area contributed by atoms with Gasteiger partial charge in [-0.2, -0.15) is 0 Å². The van der Waals surface area contributed by atoms with Gasteiger partial charge in [-0.3, -0.25) is 0 Å². The molecule has 0 amide bonds. The Kier molecular flexibility index (Phi) is 4.92. The van der Waals surface area contributed by atoms with Crippen molar-refractivity contribution in [3.05, 3.63) is 12.7 Å². The van der Waals surface area contributed by atoms with Gasteiger partial charge in [-0.15, -0.1) is 0 Å². The zero-order valence-electron chi connectivity index (χ0n) is 9.48. The van der Waals surface area contributed by atoms with E-state index in [0.29, 0.717) is 19.8 Å². The minimum absolute atomic E-state index is 0.0173. The van der Waals surface area contributed by atoms with Gasteiger partial charge in [0.25, 0.3) is 0 Å². The molecular formula is C11H18O5. The second-order valence-electron chi connectivity index (χ2n) is 3.95. The molecule has 0 aromatic heterocycles. The Morgan fingerprint density at radius 2 is 2.38 bits per heavy atom. The van der Waals surface area contributed by atoms with Crippen LogP contribution in [0.4, 0.5) is 0 Å². The van der Waals surface area contributed by atoms with Crippen molar-refractivity contribution in [2.45, 2.75) is 19.6 Å². The maximum absolute atomic E-state index is 10.7. The van der Waals surface area contributed by atoms with Crippen molar-refractivity contribution in [1.82, 2.24) is 0 Å². The second-order valence-corrected chi connectivity index (χ2v) is 3.95. The lowest BCUT2D eigenvalue weighted by Gasteiger charge is -2.40. The Hall–Kier alpha value is -0.910. The standard InChI is InChI=1S/C11H18O5/c1-3-9(12)15-5-10(13)16-8-11(4-2)6-14-7-11/h3,10,13H,1,4-8H2,2H3. The molecule has 0 radical (unpaired) electrons. The van der Waals surface area contributed by atoms with Crippen molar-refractivity contribution in [1.29, 1.82) is 0 Å². The fourth-order valence-electron chi connectivity index (χ4n) is 1.31. The number of carbonyl (C=O) groups excluding carboxylic acids is 1. The molecule has 0 aliphatic carbocycles. The van der Waals surface area contributed by atoms with Crippen LogP contribution < -0.4 is 0 Å². The fourth-order valence-corrected chi connectivity index (χ4v) is 1.31. The summed E-state index contributed by atoms with van der Waals surface area (Å²) in [7, 11) is 0. The Labute approximate surface area is 95.0 Å². The average Bonchev–Trinajstić information content (AvgIpc) is 2.25. The third-order valence-electron chi connectivity index (χ3n) is 2.68. The van der Waals surface area contributed by atoms with Crippen LogP contribution in [0.2, 0.25) is 0 Å². The van der Waals surface area contributed by atoms with Crippen LogP contribution >= 0.6 is 0 Å². The van der Waals surface area contributed by atoms with Gasteiger partial charge < -0.3 is 19.3 Å². The molecule has 1 fully saturated rings. The smallest absolute Gasteiger partial charge is 0.330 e. The van der Waals surface area contributed by atoms with E-state index in [1.807, 2.05) is 0 Å². The highest BCUT2D eigenvalue weighted by Crippen LogP contribution is 2.31. The van der Waals surface area contributed by atoms with E-state index in [9.17, 15) is 9.90 Å². The molecule has 1 aliphatic rings. The minimum Gasteiger partial charge on any atom is -0.457 e. The second kappa shape index (κ2) is 5.98. The summed E-state index contributed by atoms with van der Waals surface area (Å²) in [5.41, 5.74) is 0.0173. The number of aliphatic hydroxyl groups excluding tert-OH is 1. The zero-order valence-corrected chi connectivity index (χ0v) is 9.48. The first-order valence-corrected chi connectivity index (χ1v) is 5.28. The molecule has 0 aromatic carbocycles. The number of aliphatic hydroxyl groups is 1. The van der Waals surface area contributed by atoms with Gasteiger partial charge in [0, 0.05) is 11.5 Å². The Balaban J connectivity index is 2.16. The molecule has 16 heavy (non-hydrogen) atoms. The first-order valence-electron chi connectivity index (χ1n) is 5.28. The molecule has 1 rings (SSSR count). The van der Waals surface area contributed by atoms with Crippen LogP contribution in [-0.2, 0) is 19.0 Å². The number of rotatable bonds is 7. The van der Waals surface area contributed by atoms with Gasteiger partial charge in [0.1, 0.15) is 6.61 Å². The molecule has 92 valence electrons. The first-order chi connectivity index (χ1) is 7.62. The fraction of sp³-hybridized carbons (Fsp3) is 0.727. The molecule has 1 aliphatic heterocycles. The van der Waals surface area contributed by atoms with Crippen LogP contribution in [0, 0.1) is 5.41 Å². The highest BCUT2D eigenvalue weighted by Gasteiger charge is 2.37. The van der Waals surface area contributed by atoms with Crippen LogP contribution in [0.1, 0.15) is 13.3 Å². The zero-order chi connectivity index (χ0) is 12.0. The largest absolute Gasteiger partial charge is 0.457 e. The van der Waals surface area contributed by atoms with E-state index in [0.717, 1.165) is 12.5 Å². The summed E-state index contributed by atoms with van der Waals surface area (Å²) in [6.45, 7) is 6.85. The number of ether oxygens (including phenoxy) is 3. The molecule has 0 bridgehead atoms. The molecular weight excluding hydrogens is 212 g/mol. The van der Waals surface area contributed by atoms with Crippen molar-refractivity contribution in [3.8, 4) is 0 Å². The summed E-state index contributed by atoms with van der Waals surface area (Å²) >= 11 is 0. The van der Waals surface area contributed by atoms with Gasteiger partial charge in [0.2, 0.25) is 0 Å². The number of esters is 1.